The maximum absolute atomic E-state index is 12.8. The fourth-order valence-corrected chi connectivity index (χ4v) is 1.16. The fourth-order valence-electron chi connectivity index (χ4n) is 1.16. The zero-order valence-electron chi connectivity index (χ0n) is 10.3. The van der Waals surface area contributed by atoms with Gasteiger partial charge in [0.1, 0.15) is 0 Å². The van der Waals surface area contributed by atoms with Gasteiger partial charge < -0.3 is 0 Å². The van der Waals surface area contributed by atoms with Crippen molar-refractivity contribution in [2.24, 2.45) is 0 Å². The number of hydrogen-bond acceptors (Lipinski definition) is 0. The van der Waals surface area contributed by atoms with Crippen molar-refractivity contribution in [3.63, 3.8) is 0 Å². The molecular weight excluding hydrogens is 355 g/mol. The van der Waals surface area contributed by atoms with Gasteiger partial charge in [0.15, 0.2) is 0 Å². The maximum Gasteiger partial charge on any atom is 0.459 e. The molecule has 22 heavy (non-hydrogen) atoms. The fraction of sp³-hybridized carbons (Fsp3) is 1.00. The molecule has 0 atom stereocenters. The summed E-state index contributed by atoms with van der Waals surface area (Å²) >= 11 is 0. The van der Waals surface area contributed by atoms with Gasteiger partial charge in [-0.25, -0.2) is 0 Å². The second kappa shape index (κ2) is 5.32. The Hall–Kier alpha value is -0.910. The average Bonchev–Trinajstić information content (AvgIpc) is 2.23. The lowest BCUT2D eigenvalue weighted by Crippen LogP contribution is -2.55. The Morgan fingerprint density at radius 3 is 1.00 bits per heavy atom. The number of halogens is 13. The second-order valence-corrected chi connectivity index (χ2v) is 4.44. The van der Waals surface area contributed by atoms with Gasteiger partial charge in [-0.1, -0.05) is 0 Å². The van der Waals surface area contributed by atoms with E-state index in [9.17, 15) is 57.1 Å². The van der Waals surface area contributed by atoms with Crippen LogP contribution in [0, 0.1) is 0 Å². The summed E-state index contributed by atoms with van der Waals surface area (Å²) in [4.78, 5) is 0. The first-order valence-electron chi connectivity index (χ1n) is 5.16. The Morgan fingerprint density at radius 2 is 0.773 bits per heavy atom. The molecule has 0 spiro atoms. The average molecular weight is 362 g/mol. The molecule has 0 amide bonds. The van der Waals surface area contributed by atoms with Crippen molar-refractivity contribution in [1.82, 2.24) is 0 Å². The van der Waals surface area contributed by atoms with Crippen molar-refractivity contribution in [2.75, 3.05) is 0 Å². The summed E-state index contributed by atoms with van der Waals surface area (Å²) < 4.78 is 161. The number of alkyl halides is 13. The lowest BCUT2D eigenvalue weighted by atomic mass is 9.96. The van der Waals surface area contributed by atoms with Crippen LogP contribution >= 0.6 is 0 Å². The maximum atomic E-state index is 12.8. The monoisotopic (exact) mass is 362 g/mol. The van der Waals surface area contributed by atoms with Gasteiger partial charge in [-0.15, -0.1) is 0 Å². The van der Waals surface area contributed by atoms with Crippen LogP contribution in [0.15, 0.2) is 0 Å². The van der Waals surface area contributed by atoms with Crippen molar-refractivity contribution in [1.29, 1.82) is 0 Å². The van der Waals surface area contributed by atoms with Gasteiger partial charge in [0.2, 0.25) is 0 Å². The van der Waals surface area contributed by atoms with Crippen LogP contribution in [0.25, 0.3) is 0 Å². The van der Waals surface area contributed by atoms with E-state index in [0.29, 0.717) is 0 Å². The van der Waals surface area contributed by atoms with Crippen LogP contribution < -0.4 is 0 Å². The molecule has 0 aromatic carbocycles. The van der Waals surface area contributed by atoms with Crippen molar-refractivity contribution >= 4 is 0 Å². The van der Waals surface area contributed by atoms with Crippen LogP contribution in [0.5, 0.6) is 0 Å². The van der Waals surface area contributed by atoms with Gasteiger partial charge >= 0.3 is 35.8 Å². The van der Waals surface area contributed by atoms with Crippen molar-refractivity contribution < 1.29 is 57.1 Å². The summed E-state index contributed by atoms with van der Waals surface area (Å²) in [5.41, 5.74) is 0. The van der Waals surface area contributed by atoms with E-state index >= 15 is 0 Å². The molecule has 0 aliphatic heterocycles. The Kier molecular flexibility index (Phi) is 5.10. The smallest absolute Gasteiger partial charge is 0.200 e. The zero-order chi connectivity index (χ0) is 18.4. The van der Waals surface area contributed by atoms with E-state index in [4.69, 9.17) is 0 Å². The number of hydrogen-bond donors (Lipinski definition) is 0. The first-order valence-corrected chi connectivity index (χ1v) is 5.16. The summed E-state index contributed by atoms with van der Waals surface area (Å²) in [7, 11) is 0. The van der Waals surface area contributed by atoms with Crippen LogP contribution in [0.3, 0.4) is 0 Å². The van der Waals surface area contributed by atoms with Gasteiger partial charge in [-0.05, 0) is 0 Å². The molecule has 0 nitrogen and oxygen atoms in total. The van der Waals surface area contributed by atoms with E-state index < -0.39 is 55.6 Å². The second-order valence-electron chi connectivity index (χ2n) is 4.44. The number of rotatable bonds is 6. The summed E-state index contributed by atoms with van der Waals surface area (Å²) in [6.07, 6.45) is -12.9. The topological polar surface area (TPSA) is 0 Å². The molecule has 0 rings (SSSR count). The standard InChI is InChI=1S/C9H7F13/c1-4(10,11)7(16,17)5(12,13)2-3-6(14,15)8(18,19)9(20,21)22/h2-3H2,1H3. The third-order valence-corrected chi connectivity index (χ3v) is 2.58. The van der Waals surface area contributed by atoms with E-state index in [1.54, 1.807) is 0 Å². The van der Waals surface area contributed by atoms with Gasteiger partial charge in [-0.2, -0.15) is 57.1 Å². The molecule has 0 fully saturated rings. The van der Waals surface area contributed by atoms with E-state index in [2.05, 4.69) is 0 Å². The largest absolute Gasteiger partial charge is 0.459 e. The van der Waals surface area contributed by atoms with Gasteiger partial charge in [0, 0.05) is 19.8 Å². The summed E-state index contributed by atoms with van der Waals surface area (Å²) in [5, 5.41) is 0. The minimum absolute atomic E-state index is 0.691. The highest BCUT2D eigenvalue weighted by Gasteiger charge is 2.74. The van der Waals surface area contributed by atoms with Crippen LogP contribution in [-0.2, 0) is 0 Å². The van der Waals surface area contributed by atoms with Crippen LogP contribution in [-0.4, -0.2) is 35.8 Å². The molecule has 0 heterocycles. The molecule has 0 saturated heterocycles. The Labute approximate surface area is 114 Å². The Balaban J connectivity index is 5.31. The molecule has 0 bridgehead atoms. The zero-order valence-corrected chi connectivity index (χ0v) is 10.3. The lowest BCUT2D eigenvalue weighted by molar-refractivity contribution is -0.361. The summed E-state index contributed by atoms with van der Waals surface area (Å²) in [6.45, 7) is -0.691. The molecule has 0 unspecified atom stereocenters. The molecule has 0 aliphatic carbocycles. The van der Waals surface area contributed by atoms with E-state index in [1.807, 2.05) is 0 Å². The summed E-state index contributed by atoms with van der Waals surface area (Å²) in [5.74, 6) is -30.5. The highest BCUT2D eigenvalue weighted by molar-refractivity contribution is 4.97. The van der Waals surface area contributed by atoms with Crippen molar-refractivity contribution in [2.45, 2.75) is 55.6 Å². The molecule has 0 N–H and O–H groups in total. The van der Waals surface area contributed by atoms with E-state index in [1.165, 1.54) is 0 Å². The predicted octanol–water partition coefficient (Wildman–Crippen LogP) is 5.53. The van der Waals surface area contributed by atoms with Crippen LogP contribution in [0.1, 0.15) is 19.8 Å². The van der Waals surface area contributed by atoms with Gasteiger partial charge in [0.05, 0.1) is 0 Å². The normalized spacial score (nSPS) is 16.1. The van der Waals surface area contributed by atoms with Crippen molar-refractivity contribution in [3.05, 3.63) is 0 Å². The minimum Gasteiger partial charge on any atom is -0.200 e. The molecule has 0 aromatic heterocycles. The quantitative estimate of drug-likeness (QED) is 0.546. The molecule has 0 aromatic rings. The molecule has 0 radical (unpaired) electrons. The lowest BCUT2D eigenvalue weighted by Gasteiger charge is -2.33. The third-order valence-electron chi connectivity index (χ3n) is 2.58. The molecule has 0 aliphatic rings. The van der Waals surface area contributed by atoms with E-state index in [-0.39, 0.29) is 0 Å². The first-order chi connectivity index (χ1) is 9.21. The molecule has 0 saturated carbocycles. The van der Waals surface area contributed by atoms with Gasteiger partial charge in [0.25, 0.3) is 0 Å². The molecule has 134 valence electrons. The first kappa shape index (κ1) is 21.1. The Morgan fingerprint density at radius 1 is 0.500 bits per heavy atom. The highest BCUT2D eigenvalue weighted by atomic mass is 19.4. The third kappa shape index (κ3) is 3.53. The predicted molar refractivity (Wildman–Crippen MR) is 45.7 cm³/mol. The Bertz CT molecular complexity index is 347. The van der Waals surface area contributed by atoms with E-state index in [0.717, 1.165) is 0 Å². The van der Waals surface area contributed by atoms with Crippen LogP contribution in [0.2, 0.25) is 0 Å². The minimum atomic E-state index is -6.84. The van der Waals surface area contributed by atoms with Gasteiger partial charge in [-0.3, -0.25) is 0 Å². The SMILES string of the molecule is CC(F)(F)C(F)(F)C(F)(F)CCC(F)(F)C(F)(F)C(F)(F)F. The summed E-state index contributed by atoms with van der Waals surface area (Å²) in [6, 6.07) is 0. The highest BCUT2D eigenvalue weighted by Crippen LogP contribution is 2.52. The van der Waals surface area contributed by atoms with Crippen molar-refractivity contribution in [3.8, 4) is 0 Å². The molecular formula is C9H7F13. The molecule has 13 heteroatoms. The van der Waals surface area contributed by atoms with Crippen LogP contribution in [0.4, 0.5) is 57.1 Å².